The van der Waals surface area contributed by atoms with Crippen molar-refractivity contribution in [3.8, 4) is 0 Å². The summed E-state index contributed by atoms with van der Waals surface area (Å²) in [5.74, 6) is 0.638. The van der Waals surface area contributed by atoms with E-state index in [4.69, 9.17) is 0 Å². The molecule has 1 aromatic rings. The lowest BCUT2D eigenvalue weighted by Crippen LogP contribution is -2.35. The number of carboxylic acids is 1. The minimum atomic E-state index is -0.766. The molecule has 1 saturated heterocycles. The van der Waals surface area contributed by atoms with Crippen molar-refractivity contribution >= 4 is 17.7 Å². The van der Waals surface area contributed by atoms with Crippen molar-refractivity contribution in [2.45, 2.75) is 24.0 Å². The SMILES string of the molecule is Cn1nnc(CC2(C(=O)O)CCCS2)n1. The summed E-state index contributed by atoms with van der Waals surface area (Å²) >= 11 is 1.49. The molecule has 0 amide bonds. The van der Waals surface area contributed by atoms with Gasteiger partial charge in [0.05, 0.1) is 7.05 Å². The van der Waals surface area contributed by atoms with Gasteiger partial charge in [0.25, 0.3) is 0 Å². The Kier molecular flexibility index (Phi) is 2.64. The Morgan fingerprint density at radius 1 is 1.73 bits per heavy atom. The molecule has 0 spiro atoms. The van der Waals surface area contributed by atoms with E-state index in [-0.39, 0.29) is 0 Å². The normalized spacial score (nSPS) is 25.7. The van der Waals surface area contributed by atoms with E-state index in [1.54, 1.807) is 7.05 Å². The van der Waals surface area contributed by atoms with E-state index in [0.29, 0.717) is 18.7 Å². The lowest BCUT2D eigenvalue weighted by Gasteiger charge is -2.20. The highest BCUT2D eigenvalue weighted by Crippen LogP contribution is 2.40. The van der Waals surface area contributed by atoms with Crippen LogP contribution in [-0.4, -0.2) is 41.8 Å². The van der Waals surface area contributed by atoms with Crippen LogP contribution < -0.4 is 0 Å². The average Bonchev–Trinajstić information content (AvgIpc) is 2.77. The van der Waals surface area contributed by atoms with E-state index in [1.807, 2.05) is 0 Å². The lowest BCUT2D eigenvalue weighted by atomic mass is 9.99. The Morgan fingerprint density at radius 2 is 2.53 bits per heavy atom. The van der Waals surface area contributed by atoms with Crippen LogP contribution in [0, 0.1) is 0 Å². The van der Waals surface area contributed by atoms with Crippen molar-refractivity contribution in [3.63, 3.8) is 0 Å². The largest absolute Gasteiger partial charge is 0.480 e. The zero-order chi connectivity index (χ0) is 10.9. The first-order valence-corrected chi connectivity index (χ1v) is 5.71. The van der Waals surface area contributed by atoms with Gasteiger partial charge in [0.1, 0.15) is 4.75 Å². The topological polar surface area (TPSA) is 80.9 Å². The minimum Gasteiger partial charge on any atom is -0.480 e. The van der Waals surface area contributed by atoms with Gasteiger partial charge in [-0.25, -0.2) is 0 Å². The molecule has 2 heterocycles. The van der Waals surface area contributed by atoms with Gasteiger partial charge in [-0.05, 0) is 23.8 Å². The summed E-state index contributed by atoms with van der Waals surface area (Å²) in [6.45, 7) is 0. The summed E-state index contributed by atoms with van der Waals surface area (Å²) in [4.78, 5) is 12.6. The van der Waals surface area contributed by atoms with E-state index >= 15 is 0 Å². The Bertz CT molecular complexity index is 372. The number of nitrogens with zero attached hydrogens (tertiary/aromatic N) is 4. The molecule has 1 aromatic heterocycles. The number of aliphatic carboxylic acids is 1. The molecule has 1 atom stereocenters. The molecule has 0 bridgehead atoms. The molecule has 0 aromatic carbocycles. The summed E-state index contributed by atoms with van der Waals surface area (Å²) in [5, 5.41) is 20.8. The number of hydrogen-bond donors (Lipinski definition) is 1. The highest BCUT2D eigenvalue weighted by atomic mass is 32.2. The quantitative estimate of drug-likeness (QED) is 0.790. The van der Waals surface area contributed by atoms with Crippen LogP contribution >= 0.6 is 11.8 Å². The van der Waals surface area contributed by atoms with Gasteiger partial charge in [-0.15, -0.1) is 22.0 Å². The monoisotopic (exact) mass is 228 g/mol. The van der Waals surface area contributed by atoms with Crippen LogP contribution in [0.15, 0.2) is 0 Å². The molecule has 1 N–H and O–H groups in total. The van der Waals surface area contributed by atoms with E-state index in [2.05, 4.69) is 15.4 Å². The molecular formula is C8H12N4O2S. The number of hydrogen-bond acceptors (Lipinski definition) is 5. The van der Waals surface area contributed by atoms with E-state index in [9.17, 15) is 9.90 Å². The van der Waals surface area contributed by atoms with Crippen molar-refractivity contribution < 1.29 is 9.90 Å². The smallest absolute Gasteiger partial charge is 0.320 e. The van der Waals surface area contributed by atoms with Crippen LogP contribution in [-0.2, 0) is 18.3 Å². The molecule has 1 fully saturated rings. The van der Waals surface area contributed by atoms with Crippen molar-refractivity contribution in [2.75, 3.05) is 5.75 Å². The molecule has 6 nitrogen and oxygen atoms in total. The summed E-state index contributed by atoms with van der Waals surface area (Å²) in [5.41, 5.74) is 0. The fraction of sp³-hybridized carbons (Fsp3) is 0.750. The zero-order valence-electron chi connectivity index (χ0n) is 8.38. The third-order valence-corrected chi connectivity index (χ3v) is 4.05. The predicted molar refractivity (Wildman–Crippen MR) is 54.6 cm³/mol. The van der Waals surface area contributed by atoms with E-state index < -0.39 is 10.7 Å². The summed E-state index contributed by atoms with van der Waals surface area (Å²) < 4.78 is -0.733. The number of carboxylic acid groups (broad SMARTS) is 1. The maximum atomic E-state index is 11.2. The van der Waals surface area contributed by atoms with Crippen molar-refractivity contribution in [3.05, 3.63) is 5.82 Å². The van der Waals surface area contributed by atoms with Gasteiger partial charge in [-0.2, -0.15) is 4.80 Å². The van der Waals surface area contributed by atoms with Crippen molar-refractivity contribution in [1.29, 1.82) is 0 Å². The second-order valence-electron chi connectivity index (χ2n) is 3.62. The highest BCUT2D eigenvalue weighted by molar-refractivity contribution is 8.01. The van der Waals surface area contributed by atoms with Crippen molar-refractivity contribution in [1.82, 2.24) is 20.2 Å². The van der Waals surface area contributed by atoms with Gasteiger partial charge in [-0.1, -0.05) is 0 Å². The summed E-state index contributed by atoms with van der Waals surface area (Å²) in [6.07, 6.45) is 1.99. The Morgan fingerprint density at radius 3 is 3.00 bits per heavy atom. The fourth-order valence-corrected chi connectivity index (χ4v) is 3.05. The Hall–Kier alpha value is -1.11. The van der Waals surface area contributed by atoms with Crippen LogP contribution in [0.25, 0.3) is 0 Å². The van der Waals surface area contributed by atoms with Gasteiger partial charge in [0, 0.05) is 6.42 Å². The number of rotatable bonds is 3. The van der Waals surface area contributed by atoms with Gasteiger partial charge in [0.2, 0.25) is 0 Å². The summed E-state index contributed by atoms with van der Waals surface area (Å²) in [7, 11) is 1.67. The van der Waals surface area contributed by atoms with Crippen LogP contribution in [0.2, 0.25) is 0 Å². The second-order valence-corrected chi connectivity index (χ2v) is 5.10. The molecule has 2 rings (SSSR count). The van der Waals surface area contributed by atoms with Gasteiger partial charge < -0.3 is 5.11 Å². The van der Waals surface area contributed by atoms with Gasteiger partial charge in [0.15, 0.2) is 5.82 Å². The maximum absolute atomic E-state index is 11.2. The second kappa shape index (κ2) is 3.80. The molecule has 15 heavy (non-hydrogen) atoms. The number of aromatic nitrogens is 4. The van der Waals surface area contributed by atoms with E-state index in [0.717, 1.165) is 12.2 Å². The molecule has 0 saturated carbocycles. The molecular weight excluding hydrogens is 216 g/mol. The van der Waals surface area contributed by atoms with Crippen LogP contribution in [0.5, 0.6) is 0 Å². The number of aryl methyl sites for hydroxylation is 1. The first kappa shape index (κ1) is 10.4. The maximum Gasteiger partial charge on any atom is 0.320 e. The van der Waals surface area contributed by atoms with Crippen LogP contribution in [0.4, 0.5) is 0 Å². The first-order chi connectivity index (χ1) is 7.12. The highest BCUT2D eigenvalue weighted by Gasteiger charge is 2.43. The standard InChI is InChI=1S/C8H12N4O2S/c1-12-10-6(9-11-12)5-8(7(13)14)3-2-4-15-8/h2-5H2,1H3,(H,13,14). The Labute approximate surface area is 91.0 Å². The minimum absolute atomic E-state index is 0.362. The summed E-state index contributed by atoms with van der Waals surface area (Å²) in [6, 6.07) is 0. The van der Waals surface area contributed by atoms with Crippen LogP contribution in [0.1, 0.15) is 18.7 Å². The third kappa shape index (κ3) is 1.97. The molecule has 0 radical (unpaired) electrons. The lowest BCUT2D eigenvalue weighted by molar-refractivity contribution is -0.139. The molecule has 1 unspecified atom stereocenters. The first-order valence-electron chi connectivity index (χ1n) is 4.73. The number of thioether (sulfide) groups is 1. The van der Waals surface area contributed by atoms with Gasteiger partial charge in [-0.3, -0.25) is 4.79 Å². The van der Waals surface area contributed by atoms with Crippen molar-refractivity contribution in [2.24, 2.45) is 7.05 Å². The molecule has 7 heteroatoms. The third-order valence-electron chi connectivity index (χ3n) is 2.49. The average molecular weight is 228 g/mol. The number of tetrazole rings is 1. The predicted octanol–water partition coefficient (Wildman–Crippen LogP) is 0.103. The molecule has 1 aliphatic rings. The number of carbonyl (C=O) groups is 1. The molecule has 1 aliphatic heterocycles. The molecule has 0 aliphatic carbocycles. The zero-order valence-corrected chi connectivity index (χ0v) is 9.20. The van der Waals surface area contributed by atoms with Crippen LogP contribution in [0.3, 0.4) is 0 Å². The Balaban J connectivity index is 2.17. The fourth-order valence-electron chi connectivity index (χ4n) is 1.73. The van der Waals surface area contributed by atoms with Gasteiger partial charge >= 0.3 is 5.97 Å². The van der Waals surface area contributed by atoms with E-state index in [1.165, 1.54) is 16.6 Å². The molecule has 82 valence electrons.